The summed E-state index contributed by atoms with van der Waals surface area (Å²) in [7, 11) is -2.20. The predicted molar refractivity (Wildman–Crippen MR) is 123 cm³/mol. The molecule has 32 heavy (non-hydrogen) atoms. The van der Waals surface area contributed by atoms with Gasteiger partial charge >= 0.3 is 0 Å². The molecule has 0 spiro atoms. The number of rotatable bonds is 6. The molecular weight excluding hydrogens is 450 g/mol. The first kappa shape index (κ1) is 22.4. The van der Waals surface area contributed by atoms with E-state index in [1.807, 2.05) is 12.1 Å². The molecule has 0 radical (unpaired) electrons. The third-order valence-electron chi connectivity index (χ3n) is 5.79. The van der Waals surface area contributed by atoms with Crippen molar-refractivity contribution in [3.8, 4) is 0 Å². The van der Waals surface area contributed by atoms with Crippen LogP contribution in [0.3, 0.4) is 0 Å². The lowest BCUT2D eigenvalue weighted by Crippen LogP contribution is -2.41. The Kier molecular flexibility index (Phi) is 6.06. The second-order valence-corrected chi connectivity index (χ2v) is 10.8. The van der Waals surface area contributed by atoms with Crippen LogP contribution in [0, 0.1) is 5.92 Å². The number of aromatic nitrogens is 2. The average Bonchev–Trinajstić information content (AvgIpc) is 3.36. The third kappa shape index (κ3) is 4.27. The Morgan fingerprint density at radius 2 is 1.97 bits per heavy atom. The fourth-order valence-electron chi connectivity index (χ4n) is 3.88. The van der Waals surface area contributed by atoms with E-state index in [9.17, 15) is 18.0 Å². The molecule has 2 aromatic heterocycles. The van der Waals surface area contributed by atoms with Crippen molar-refractivity contribution in [3.63, 3.8) is 0 Å². The highest BCUT2D eigenvalue weighted by atomic mass is 32.2. The smallest absolute Gasteiger partial charge is 0.265 e. The van der Waals surface area contributed by atoms with E-state index in [2.05, 4.69) is 23.3 Å². The molecule has 4 rings (SSSR count). The third-order valence-corrected chi connectivity index (χ3v) is 8.58. The number of fused-ring (bicyclic) bond motifs is 1. The SMILES string of the molecule is CCc1ccc2nc(NC(=O)C3CCN(S(=O)(=O)c4cc(C(N)=O)n(C)c4)CC3)sc2c1. The number of sulfonamides is 1. The van der Waals surface area contributed by atoms with Gasteiger partial charge in [-0.25, -0.2) is 13.4 Å². The van der Waals surface area contributed by atoms with Crippen molar-refractivity contribution in [1.82, 2.24) is 13.9 Å². The quantitative estimate of drug-likeness (QED) is 0.566. The highest BCUT2D eigenvalue weighted by molar-refractivity contribution is 7.89. The molecule has 3 N–H and O–H groups in total. The van der Waals surface area contributed by atoms with Gasteiger partial charge in [0.25, 0.3) is 5.91 Å². The Balaban J connectivity index is 1.40. The molecule has 0 aliphatic carbocycles. The van der Waals surface area contributed by atoms with Gasteiger partial charge < -0.3 is 15.6 Å². The topological polar surface area (TPSA) is 127 Å². The van der Waals surface area contributed by atoms with Crippen LogP contribution < -0.4 is 11.1 Å². The first-order valence-corrected chi connectivity index (χ1v) is 12.6. The lowest BCUT2D eigenvalue weighted by Gasteiger charge is -2.30. The van der Waals surface area contributed by atoms with E-state index in [1.54, 1.807) is 7.05 Å². The summed E-state index contributed by atoms with van der Waals surface area (Å²) >= 11 is 1.44. The minimum absolute atomic E-state index is 0.0256. The molecule has 1 saturated heterocycles. The van der Waals surface area contributed by atoms with E-state index < -0.39 is 15.9 Å². The molecule has 11 heteroatoms. The summed E-state index contributed by atoms with van der Waals surface area (Å²) in [6.45, 7) is 2.54. The number of anilines is 1. The van der Waals surface area contributed by atoms with Crippen LogP contribution in [-0.4, -0.2) is 47.2 Å². The van der Waals surface area contributed by atoms with Crippen molar-refractivity contribution in [2.75, 3.05) is 18.4 Å². The summed E-state index contributed by atoms with van der Waals surface area (Å²) in [6, 6.07) is 7.35. The summed E-state index contributed by atoms with van der Waals surface area (Å²) < 4.78 is 29.7. The number of amides is 2. The molecule has 0 bridgehead atoms. The number of thiazole rings is 1. The van der Waals surface area contributed by atoms with Crippen molar-refractivity contribution in [1.29, 1.82) is 0 Å². The number of piperidine rings is 1. The maximum atomic E-state index is 12.9. The van der Waals surface area contributed by atoms with Gasteiger partial charge in [0.05, 0.1) is 10.2 Å². The van der Waals surface area contributed by atoms with Crippen LogP contribution in [0.25, 0.3) is 10.2 Å². The number of hydrogen-bond acceptors (Lipinski definition) is 6. The maximum Gasteiger partial charge on any atom is 0.265 e. The number of carbonyl (C=O) groups is 2. The van der Waals surface area contributed by atoms with E-state index in [0.717, 1.165) is 16.6 Å². The van der Waals surface area contributed by atoms with Gasteiger partial charge in [-0.3, -0.25) is 9.59 Å². The number of primary amides is 1. The normalized spacial score (nSPS) is 15.8. The van der Waals surface area contributed by atoms with Crippen molar-refractivity contribution in [2.45, 2.75) is 31.1 Å². The molecule has 0 atom stereocenters. The second-order valence-electron chi connectivity index (χ2n) is 7.88. The first-order chi connectivity index (χ1) is 15.2. The van der Waals surface area contributed by atoms with Gasteiger partial charge in [0.15, 0.2) is 5.13 Å². The van der Waals surface area contributed by atoms with Crippen molar-refractivity contribution < 1.29 is 18.0 Å². The zero-order chi connectivity index (χ0) is 23.0. The van der Waals surface area contributed by atoms with Crippen LogP contribution in [0.2, 0.25) is 0 Å². The number of hydrogen-bond donors (Lipinski definition) is 2. The van der Waals surface area contributed by atoms with E-state index in [0.29, 0.717) is 18.0 Å². The highest BCUT2D eigenvalue weighted by Crippen LogP contribution is 2.29. The zero-order valence-corrected chi connectivity index (χ0v) is 19.5. The lowest BCUT2D eigenvalue weighted by molar-refractivity contribution is -0.120. The molecule has 3 aromatic rings. The Hall–Kier alpha value is -2.76. The fourth-order valence-corrected chi connectivity index (χ4v) is 6.35. The van der Waals surface area contributed by atoms with Gasteiger partial charge in [0.2, 0.25) is 15.9 Å². The number of benzene rings is 1. The summed E-state index contributed by atoms with van der Waals surface area (Å²) in [6.07, 6.45) is 3.13. The highest BCUT2D eigenvalue weighted by Gasteiger charge is 2.33. The minimum Gasteiger partial charge on any atom is -0.364 e. The van der Waals surface area contributed by atoms with Crippen LogP contribution >= 0.6 is 11.3 Å². The number of nitrogens with two attached hydrogens (primary N) is 1. The second kappa shape index (κ2) is 8.64. The van der Waals surface area contributed by atoms with Crippen molar-refractivity contribution >= 4 is 48.5 Å². The van der Waals surface area contributed by atoms with Gasteiger partial charge in [-0.1, -0.05) is 24.3 Å². The van der Waals surface area contributed by atoms with Crippen LogP contribution in [0.15, 0.2) is 35.4 Å². The van der Waals surface area contributed by atoms with Gasteiger partial charge in [0, 0.05) is 32.3 Å². The summed E-state index contributed by atoms with van der Waals surface area (Å²) in [4.78, 5) is 28.7. The molecular formula is C21H25N5O4S2. The maximum absolute atomic E-state index is 12.9. The molecule has 3 heterocycles. The Bertz CT molecular complexity index is 1290. The predicted octanol–water partition coefficient (Wildman–Crippen LogP) is 2.34. The standard InChI is InChI=1S/C21H25N5O4S2/c1-3-13-4-5-16-18(10-13)31-21(23-16)24-20(28)14-6-8-26(9-7-14)32(29,30)15-11-17(19(22)27)25(2)12-15/h4-5,10-12,14H,3,6-9H2,1-2H3,(H2,22,27)(H,23,24,28). The largest absolute Gasteiger partial charge is 0.364 e. The molecule has 2 amide bonds. The zero-order valence-electron chi connectivity index (χ0n) is 17.9. The molecule has 170 valence electrons. The molecule has 0 unspecified atom stereocenters. The molecule has 1 fully saturated rings. The van der Waals surface area contributed by atoms with Gasteiger partial charge in [-0.15, -0.1) is 0 Å². The van der Waals surface area contributed by atoms with E-state index >= 15 is 0 Å². The van der Waals surface area contributed by atoms with Gasteiger partial charge in [-0.2, -0.15) is 4.31 Å². The van der Waals surface area contributed by atoms with Crippen LogP contribution in [0.5, 0.6) is 0 Å². The molecule has 1 aromatic carbocycles. The molecule has 1 aliphatic heterocycles. The summed E-state index contributed by atoms with van der Waals surface area (Å²) in [5, 5.41) is 3.45. The van der Waals surface area contributed by atoms with Crippen LogP contribution in [-0.2, 0) is 28.3 Å². The number of nitrogens with one attached hydrogen (secondary N) is 1. The summed E-state index contributed by atoms with van der Waals surface area (Å²) in [5.74, 6) is -1.13. The lowest BCUT2D eigenvalue weighted by atomic mass is 9.97. The summed E-state index contributed by atoms with van der Waals surface area (Å²) in [5.41, 5.74) is 7.48. The van der Waals surface area contributed by atoms with Gasteiger partial charge in [-0.05, 0) is 43.0 Å². The first-order valence-electron chi connectivity index (χ1n) is 10.4. The average molecular weight is 476 g/mol. The molecule has 0 saturated carbocycles. The molecule has 9 nitrogen and oxygen atoms in total. The monoisotopic (exact) mass is 475 g/mol. The van der Waals surface area contributed by atoms with Crippen LogP contribution in [0.1, 0.15) is 35.8 Å². The van der Waals surface area contributed by atoms with Crippen molar-refractivity contribution in [2.24, 2.45) is 18.7 Å². The van der Waals surface area contributed by atoms with E-state index in [4.69, 9.17) is 5.73 Å². The minimum atomic E-state index is -3.77. The fraction of sp³-hybridized carbons (Fsp3) is 0.381. The Labute approximate surface area is 190 Å². The van der Waals surface area contributed by atoms with E-state index in [1.165, 1.54) is 38.0 Å². The van der Waals surface area contributed by atoms with Crippen molar-refractivity contribution in [3.05, 3.63) is 41.7 Å². The Morgan fingerprint density at radius 3 is 2.59 bits per heavy atom. The number of nitrogens with zero attached hydrogens (tertiary/aromatic N) is 3. The number of aryl methyl sites for hydroxylation is 2. The molecule has 1 aliphatic rings. The Morgan fingerprint density at radius 1 is 1.25 bits per heavy atom. The van der Waals surface area contributed by atoms with Gasteiger partial charge in [0.1, 0.15) is 10.6 Å². The van der Waals surface area contributed by atoms with Crippen LogP contribution in [0.4, 0.5) is 5.13 Å². The van der Waals surface area contributed by atoms with E-state index in [-0.39, 0.29) is 35.5 Å². The number of carbonyl (C=O) groups excluding carboxylic acids is 2.